The minimum atomic E-state index is -1.10. The van der Waals surface area contributed by atoms with E-state index in [9.17, 15) is 9.59 Å². The van der Waals surface area contributed by atoms with Crippen molar-refractivity contribution < 1.29 is 14.7 Å². The van der Waals surface area contributed by atoms with E-state index in [-0.39, 0.29) is 16.3 Å². The molecular weight excluding hydrogens is 276 g/mol. The van der Waals surface area contributed by atoms with Crippen LogP contribution in [-0.2, 0) is 0 Å². The molecule has 94 valence electrons. The van der Waals surface area contributed by atoms with Gasteiger partial charge in [0.15, 0.2) is 5.69 Å². The Morgan fingerprint density at radius 2 is 2.17 bits per heavy atom. The number of hydrogen-bond donors (Lipinski definition) is 1. The summed E-state index contributed by atoms with van der Waals surface area (Å²) in [6.45, 7) is 1.59. The lowest BCUT2D eigenvalue weighted by Crippen LogP contribution is -2.27. The lowest BCUT2D eigenvalue weighted by Gasteiger charge is -2.13. The number of carboxylic acids is 1. The molecule has 2 rings (SSSR count). The molecule has 0 saturated heterocycles. The first kappa shape index (κ1) is 12.6. The predicted molar refractivity (Wildman–Crippen MR) is 66.5 cm³/mol. The highest BCUT2D eigenvalue weighted by atomic mass is 32.1. The molecule has 0 atom stereocenters. The van der Waals surface area contributed by atoms with Crippen molar-refractivity contribution in [2.75, 3.05) is 11.9 Å². The molecule has 2 heterocycles. The van der Waals surface area contributed by atoms with Crippen LogP contribution >= 0.6 is 23.1 Å². The highest BCUT2D eigenvalue weighted by Gasteiger charge is 2.25. The van der Waals surface area contributed by atoms with Gasteiger partial charge in [-0.1, -0.05) is 4.49 Å². The zero-order valence-electron chi connectivity index (χ0n) is 9.45. The number of rotatable bonds is 3. The maximum absolute atomic E-state index is 12.0. The summed E-state index contributed by atoms with van der Waals surface area (Å²) in [5.74, 6) is -1.51. The summed E-state index contributed by atoms with van der Waals surface area (Å²) >= 11 is 2.03. The van der Waals surface area contributed by atoms with Gasteiger partial charge in [-0.25, -0.2) is 4.79 Å². The molecule has 0 unspecified atom stereocenters. The zero-order valence-corrected chi connectivity index (χ0v) is 11.1. The van der Waals surface area contributed by atoms with Gasteiger partial charge in [-0.15, -0.1) is 5.10 Å². The van der Waals surface area contributed by atoms with Crippen LogP contribution in [0.2, 0.25) is 0 Å². The van der Waals surface area contributed by atoms with Crippen molar-refractivity contribution in [3.63, 3.8) is 0 Å². The Bertz CT molecular complexity index is 593. The van der Waals surface area contributed by atoms with Crippen molar-refractivity contribution in [3.8, 4) is 0 Å². The number of carbonyl (C=O) groups is 2. The highest BCUT2D eigenvalue weighted by Crippen LogP contribution is 2.28. The Morgan fingerprint density at radius 1 is 1.44 bits per heavy atom. The quantitative estimate of drug-likeness (QED) is 0.912. The Balaban J connectivity index is 2.38. The summed E-state index contributed by atoms with van der Waals surface area (Å²) in [4.78, 5) is 24.4. The number of carboxylic acid groups (broad SMARTS) is 1. The third kappa shape index (κ3) is 2.09. The second-order valence-electron chi connectivity index (χ2n) is 3.41. The number of aryl methyl sites for hydroxylation is 1. The molecule has 1 amide bonds. The van der Waals surface area contributed by atoms with E-state index in [2.05, 4.69) is 14.0 Å². The third-order valence-electron chi connectivity index (χ3n) is 2.25. The van der Waals surface area contributed by atoms with Crippen LogP contribution in [0.15, 0.2) is 5.38 Å². The Kier molecular flexibility index (Phi) is 3.34. The topological polar surface area (TPSA) is 96.3 Å². The van der Waals surface area contributed by atoms with Gasteiger partial charge in [0, 0.05) is 12.4 Å². The molecule has 0 aliphatic rings. The summed E-state index contributed by atoms with van der Waals surface area (Å²) in [6.07, 6.45) is 0. The molecule has 1 N–H and O–H groups in total. The van der Waals surface area contributed by atoms with Gasteiger partial charge in [0.2, 0.25) is 0 Å². The van der Waals surface area contributed by atoms with Crippen LogP contribution < -0.4 is 4.90 Å². The van der Waals surface area contributed by atoms with E-state index in [0.717, 1.165) is 23.1 Å². The van der Waals surface area contributed by atoms with E-state index in [1.807, 2.05) is 0 Å². The number of anilines is 1. The van der Waals surface area contributed by atoms with Crippen molar-refractivity contribution in [3.05, 3.63) is 22.3 Å². The maximum Gasteiger partial charge on any atom is 0.340 e. The van der Waals surface area contributed by atoms with Gasteiger partial charge in [0.1, 0.15) is 10.6 Å². The largest absolute Gasteiger partial charge is 0.478 e. The third-order valence-corrected chi connectivity index (χ3v) is 3.77. The number of aromatic nitrogens is 3. The first-order valence-corrected chi connectivity index (χ1v) is 6.38. The number of amides is 1. The second kappa shape index (κ2) is 4.78. The number of aromatic carboxylic acids is 1. The lowest BCUT2D eigenvalue weighted by molar-refractivity contribution is 0.0697. The number of hydrogen-bond acceptors (Lipinski definition) is 7. The Morgan fingerprint density at radius 3 is 2.72 bits per heavy atom. The van der Waals surface area contributed by atoms with Crippen LogP contribution in [0.3, 0.4) is 0 Å². The van der Waals surface area contributed by atoms with Crippen LogP contribution in [0.1, 0.15) is 26.5 Å². The normalized spacial score (nSPS) is 10.3. The van der Waals surface area contributed by atoms with Crippen LogP contribution in [-0.4, -0.2) is 38.0 Å². The van der Waals surface area contributed by atoms with Gasteiger partial charge in [0.25, 0.3) is 5.91 Å². The first-order valence-electron chi connectivity index (χ1n) is 4.77. The van der Waals surface area contributed by atoms with Gasteiger partial charge < -0.3 is 5.11 Å². The summed E-state index contributed by atoms with van der Waals surface area (Å²) in [5.41, 5.74) is 0.613. The van der Waals surface area contributed by atoms with Crippen molar-refractivity contribution in [1.82, 2.24) is 14.0 Å². The van der Waals surface area contributed by atoms with E-state index >= 15 is 0 Å². The molecule has 2 aromatic rings. The minimum absolute atomic E-state index is 0.0408. The maximum atomic E-state index is 12.0. The average molecular weight is 284 g/mol. The first-order chi connectivity index (χ1) is 8.52. The van der Waals surface area contributed by atoms with Crippen molar-refractivity contribution in [2.45, 2.75) is 6.92 Å². The summed E-state index contributed by atoms with van der Waals surface area (Å²) < 4.78 is 7.55. The Hall–Kier alpha value is -1.87. The predicted octanol–water partition coefficient (Wildman–Crippen LogP) is 1.28. The van der Waals surface area contributed by atoms with Crippen LogP contribution in [0.5, 0.6) is 0 Å². The molecule has 0 aliphatic carbocycles. The molecular formula is C9H8N4O3S2. The SMILES string of the molecule is Cc1nsc(N(C)C(=O)c2csnn2)c1C(=O)O. The molecule has 2 aromatic heterocycles. The molecule has 0 saturated carbocycles. The molecule has 9 heteroatoms. The molecule has 18 heavy (non-hydrogen) atoms. The minimum Gasteiger partial charge on any atom is -0.478 e. The smallest absolute Gasteiger partial charge is 0.340 e. The summed E-state index contributed by atoms with van der Waals surface area (Å²) in [7, 11) is 1.49. The van der Waals surface area contributed by atoms with E-state index in [1.54, 1.807) is 6.92 Å². The van der Waals surface area contributed by atoms with Crippen molar-refractivity contribution in [1.29, 1.82) is 0 Å². The highest BCUT2D eigenvalue weighted by molar-refractivity contribution is 7.11. The number of carbonyl (C=O) groups excluding carboxylic acids is 1. The molecule has 0 bridgehead atoms. The van der Waals surface area contributed by atoms with Gasteiger partial charge >= 0.3 is 5.97 Å². The van der Waals surface area contributed by atoms with Gasteiger partial charge in [-0.05, 0) is 30.0 Å². The van der Waals surface area contributed by atoms with E-state index in [1.165, 1.54) is 17.3 Å². The summed E-state index contributed by atoms with van der Waals surface area (Å²) in [5, 5.41) is 14.6. The van der Waals surface area contributed by atoms with E-state index in [0.29, 0.717) is 5.69 Å². The second-order valence-corrected chi connectivity index (χ2v) is 4.77. The van der Waals surface area contributed by atoms with Gasteiger partial charge in [-0.3, -0.25) is 9.69 Å². The van der Waals surface area contributed by atoms with E-state index < -0.39 is 11.9 Å². The monoisotopic (exact) mass is 284 g/mol. The molecule has 0 fully saturated rings. The van der Waals surface area contributed by atoms with Crippen LogP contribution in [0, 0.1) is 6.92 Å². The van der Waals surface area contributed by atoms with Crippen LogP contribution in [0.4, 0.5) is 5.00 Å². The van der Waals surface area contributed by atoms with Crippen molar-refractivity contribution in [2.24, 2.45) is 0 Å². The van der Waals surface area contributed by atoms with E-state index in [4.69, 9.17) is 5.11 Å². The fourth-order valence-electron chi connectivity index (χ4n) is 1.35. The van der Waals surface area contributed by atoms with Gasteiger partial charge in [0.05, 0.1) is 5.69 Å². The van der Waals surface area contributed by atoms with Crippen molar-refractivity contribution >= 4 is 39.9 Å². The molecule has 0 aromatic carbocycles. The molecule has 0 aliphatic heterocycles. The average Bonchev–Trinajstić information content (AvgIpc) is 2.95. The Labute approximate surface area is 110 Å². The summed E-state index contributed by atoms with van der Waals surface area (Å²) in [6, 6.07) is 0. The molecule has 0 radical (unpaired) electrons. The number of nitrogens with zero attached hydrogens (tertiary/aromatic N) is 4. The molecule has 7 nitrogen and oxygen atoms in total. The lowest BCUT2D eigenvalue weighted by atomic mass is 10.2. The van der Waals surface area contributed by atoms with Gasteiger partial charge in [-0.2, -0.15) is 4.37 Å². The van der Waals surface area contributed by atoms with Crippen LogP contribution in [0.25, 0.3) is 0 Å². The zero-order chi connectivity index (χ0) is 13.3. The fourth-order valence-corrected chi connectivity index (χ4v) is 2.63. The standard InChI is InChI=1S/C9H8N4O3S2/c1-4-6(9(15)16)8(18-11-4)13(2)7(14)5-3-17-12-10-5/h3H,1-2H3,(H,15,16). The fraction of sp³-hybridized carbons (Fsp3) is 0.222. The molecule has 0 spiro atoms.